The zero-order chi connectivity index (χ0) is 18.0. The first-order valence-electron chi connectivity index (χ1n) is 7.81. The molecule has 1 N–H and O–H groups in total. The number of carbonyl (C=O) groups is 1. The van der Waals surface area contributed by atoms with Crippen LogP contribution in [0.1, 0.15) is 22.8 Å². The molecule has 0 spiro atoms. The fourth-order valence-corrected chi connectivity index (χ4v) is 2.98. The quantitative estimate of drug-likeness (QED) is 0.670. The summed E-state index contributed by atoms with van der Waals surface area (Å²) in [5, 5.41) is 10.9. The van der Waals surface area contributed by atoms with E-state index in [2.05, 4.69) is 0 Å². The number of hydrogen-bond donors (Lipinski definition) is 1. The zero-order valence-electron chi connectivity index (χ0n) is 14.0. The van der Waals surface area contributed by atoms with E-state index >= 15 is 0 Å². The van der Waals surface area contributed by atoms with Crippen LogP contribution in [0.4, 0.5) is 0 Å². The molecule has 1 heterocycles. The van der Waals surface area contributed by atoms with Crippen molar-refractivity contribution < 1.29 is 14.6 Å². The van der Waals surface area contributed by atoms with Gasteiger partial charge >= 0.3 is 0 Å². The molecule has 0 aliphatic carbocycles. The van der Waals surface area contributed by atoms with Crippen LogP contribution >= 0.6 is 11.6 Å². The molecule has 0 unspecified atom stereocenters. The molecule has 2 aromatic carbocycles. The van der Waals surface area contributed by atoms with Gasteiger partial charge in [0.25, 0.3) is 0 Å². The summed E-state index contributed by atoms with van der Waals surface area (Å²) in [6.45, 7) is 1.97. The number of halogens is 1. The van der Waals surface area contributed by atoms with Crippen molar-refractivity contribution in [1.29, 1.82) is 0 Å². The van der Waals surface area contributed by atoms with E-state index in [1.165, 1.54) is 6.92 Å². The molecule has 0 radical (unpaired) electrons. The van der Waals surface area contributed by atoms with E-state index in [1.54, 1.807) is 25.4 Å². The molecule has 4 nitrogen and oxygen atoms in total. The number of carbonyl (C=O) groups excluding carboxylic acids is 1. The van der Waals surface area contributed by atoms with Gasteiger partial charge in [-0.15, -0.1) is 0 Å². The van der Waals surface area contributed by atoms with Crippen molar-refractivity contribution in [2.45, 2.75) is 13.5 Å². The van der Waals surface area contributed by atoms with Crippen molar-refractivity contribution in [3.8, 4) is 22.8 Å². The van der Waals surface area contributed by atoms with Crippen molar-refractivity contribution in [3.05, 3.63) is 70.9 Å². The molecule has 3 aromatic rings. The first-order chi connectivity index (χ1) is 12.0. The van der Waals surface area contributed by atoms with Gasteiger partial charge < -0.3 is 14.4 Å². The minimum atomic E-state index is -0.184. The first kappa shape index (κ1) is 17.1. The molecule has 0 atom stereocenters. The number of aromatic hydroxyl groups is 1. The summed E-state index contributed by atoms with van der Waals surface area (Å²) in [5.41, 5.74) is 2.85. The molecule has 0 bridgehead atoms. The highest BCUT2D eigenvalue weighted by Crippen LogP contribution is 2.34. The SMILES string of the molecule is COc1ccc(Cn2cc(O)c(C(C)=O)c2-c2ccc(Cl)cc2)cc1. The van der Waals surface area contributed by atoms with Crippen LogP contribution in [0.25, 0.3) is 11.3 Å². The molecule has 3 rings (SSSR count). The predicted molar refractivity (Wildman–Crippen MR) is 98.6 cm³/mol. The Balaban J connectivity index is 2.07. The van der Waals surface area contributed by atoms with Gasteiger partial charge in [0.15, 0.2) is 5.78 Å². The lowest BCUT2D eigenvalue weighted by Gasteiger charge is -2.11. The Labute approximate surface area is 151 Å². The van der Waals surface area contributed by atoms with Gasteiger partial charge in [0, 0.05) is 17.8 Å². The molecular weight excluding hydrogens is 338 g/mol. The highest BCUT2D eigenvalue weighted by atomic mass is 35.5. The Morgan fingerprint density at radius 3 is 2.32 bits per heavy atom. The number of ketones is 1. The van der Waals surface area contributed by atoms with Gasteiger partial charge in [0.2, 0.25) is 0 Å². The fourth-order valence-electron chi connectivity index (χ4n) is 2.86. The highest BCUT2D eigenvalue weighted by Gasteiger charge is 2.20. The second-order valence-electron chi connectivity index (χ2n) is 5.78. The average Bonchev–Trinajstić information content (AvgIpc) is 2.92. The third-order valence-corrected chi connectivity index (χ3v) is 4.29. The van der Waals surface area contributed by atoms with Crippen LogP contribution in [-0.2, 0) is 6.54 Å². The summed E-state index contributed by atoms with van der Waals surface area (Å²) in [7, 11) is 1.62. The van der Waals surface area contributed by atoms with Crippen LogP contribution in [0, 0.1) is 0 Å². The lowest BCUT2D eigenvalue weighted by molar-refractivity contribution is 0.101. The van der Waals surface area contributed by atoms with Gasteiger partial charge in [0.1, 0.15) is 11.5 Å². The normalized spacial score (nSPS) is 10.7. The average molecular weight is 356 g/mol. The molecule has 0 saturated heterocycles. The van der Waals surface area contributed by atoms with Gasteiger partial charge in [-0.05, 0) is 42.3 Å². The summed E-state index contributed by atoms with van der Waals surface area (Å²) >= 11 is 5.97. The predicted octanol–water partition coefficient (Wildman–Crippen LogP) is 4.77. The summed E-state index contributed by atoms with van der Waals surface area (Å²) in [6, 6.07) is 14.9. The maximum Gasteiger partial charge on any atom is 0.165 e. The van der Waals surface area contributed by atoms with Crippen LogP contribution in [-0.4, -0.2) is 22.6 Å². The number of benzene rings is 2. The smallest absolute Gasteiger partial charge is 0.165 e. The van der Waals surface area contributed by atoms with E-state index in [1.807, 2.05) is 41.0 Å². The number of ether oxygens (including phenoxy) is 1. The van der Waals surface area contributed by atoms with E-state index < -0.39 is 0 Å². The van der Waals surface area contributed by atoms with E-state index in [4.69, 9.17) is 16.3 Å². The van der Waals surface area contributed by atoms with Crippen LogP contribution in [0.5, 0.6) is 11.5 Å². The minimum absolute atomic E-state index is 0.0223. The third kappa shape index (κ3) is 3.54. The van der Waals surface area contributed by atoms with Crippen LogP contribution < -0.4 is 4.74 Å². The van der Waals surface area contributed by atoms with E-state index in [9.17, 15) is 9.90 Å². The molecule has 25 heavy (non-hydrogen) atoms. The summed E-state index contributed by atoms with van der Waals surface area (Å²) in [5.74, 6) is 0.573. The maximum atomic E-state index is 12.1. The van der Waals surface area contributed by atoms with Gasteiger partial charge in [-0.2, -0.15) is 0 Å². The maximum absolute atomic E-state index is 12.1. The Morgan fingerprint density at radius 2 is 1.76 bits per heavy atom. The molecule has 0 saturated carbocycles. The van der Waals surface area contributed by atoms with Crippen molar-refractivity contribution in [2.75, 3.05) is 7.11 Å². The number of Topliss-reactive ketones (excluding diaryl/α,β-unsaturated/α-hetero) is 1. The Morgan fingerprint density at radius 1 is 1.12 bits per heavy atom. The first-order valence-corrected chi connectivity index (χ1v) is 8.19. The van der Waals surface area contributed by atoms with Gasteiger partial charge in [-0.25, -0.2) is 0 Å². The Bertz CT molecular complexity index is 896. The zero-order valence-corrected chi connectivity index (χ0v) is 14.7. The van der Waals surface area contributed by atoms with Gasteiger partial charge in [-0.3, -0.25) is 4.79 Å². The monoisotopic (exact) mass is 355 g/mol. The Hall–Kier alpha value is -2.72. The minimum Gasteiger partial charge on any atom is -0.506 e. The number of aromatic nitrogens is 1. The summed E-state index contributed by atoms with van der Waals surface area (Å²) < 4.78 is 7.05. The molecule has 128 valence electrons. The summed E-state index contributed by atoms with van der Waals surface area (Å²) in [4.78, 5) is 12.1. The van der Waals surface area contributed by atoms with Crippen molar-refractivity contribution >= 4 is 17.4 Å². The molecule has 0 aliphatic rings. The second kappa shape index (κ2) is 7.03. The van der Waals surface area contributed by atoms with Crippen molar-refractivity contribution in [2.24, 2.45) is 0 Å². The van der Waals surface area contributed by atoms with Crippen molar-refractivity contribution in [3.63, 3.8) is 0 Å². The Kier molecular flexibility index (Phi) is 4.81. The van der Waals surface area contributed by atoms with Crippen LogP contribution in [0.3, 0.4) is 0 Å². The highest BCUT2D eigenvalue weighted by molar-refractivity contribution is 6.30. The molecule has 0 aliphatic heterocycles. The largest absolute Gasteiger partial charge is 0.506 e. The molecule has 0 fully saturated rings. The lowest BCUT2D eigenvalue weighted by Crippen LogP contribution is -2.03. The second-order valence-corrected chi connectivity index (χ2v) is 6.21. The fraction of sp³-hybridized carbons (Fsp3) is 0.150. The molecule has 5 heteroatoms. The van der Waals surface area contributed by atoms with E-state index in [0.717, 1.165) is 16.9 Å². The lowest BCUT2D eigenvalue weighted by atomic mass is 10.0. The molecule has 0 amide bonds. The van der Waals surface area contributed by atoms with Crippen LogP contribution in [0.2, 0.25) is 5.02 Å². The third-order valence-electron chi connectivity index (χ3n) is 4.04. The topological polar surface area (TPSA) is 51.5 Å². The standard InChI is InChI=1S/C20H18ClNO3/c1-13(23)19-18(24)12-22(11-14-3-9-17(25-2)10-4-14)20(19)15-5-7-16(21)8-6-15/h3-10,12,24H,11H2,1-2H3. The number of hydrogen-bond acceptors (Lipinski definition) is 3. The van der Waals surface area contributed by atoms with Gasteiger partial charge in [0.05, 0.1) is 18.4 Å². The van der Waals surface area contributed by atoms with Crippen molar-refractivity contribution in [1.82, 2.24) is 4.57 Å². The number of rotatable bonds is 5. The molecular formula is C20H18ClNO3. The summed E-state index contributed by atoms with van der Waals surface area (Å²) in [6.07, 6.45) is 1.59. The molecule has 1 aromatic heterocycles. The number of methoxy groups -OCH3 is 1. The van der Waals surface area contributed by atoms with Crippen LogP contribution in [0.15, 0.2) is 54.7 Å². The van der Waals surface area contributed by atoms with Gasteiger partial charge in [-0.1, -0.05) is 35.9 Å². The van der Waals surface area contributed by atoms with E-state index in [0.29, 0.717) is 22.8 Å². The number of nitrogens with zero attached hydrogens (tertiary/aromatic N) is 1. The van der Waals surface area contributed by atoms with E-state index in [-0.39, 0.29) is 11.5 Å².